The summed E-state index contributed by atoms with van der Waals surface area (Å²) in [6.07, 6.45) is 1.19. The van der Waals surface area contributed by atoms with E-state index in [9.17, 15) is 4.39 Å². The van der Waals surface area contributed by atoms with Gasteiger partial charge in [0, 0.05) is 12.0 Å². The first kappa shape index (κ1) is 15.3. The van der Waals surface area contributed by atoms with Gasteiger partial charge in [-0.1, -0.05) is 5.16 Å². The lowest BCUT2D eigenvalue weighted by Crippen LogP contribution is -2.04. The van der Waals surface area contributed by atoms with E-state index >= 15 is 0 Å². The minimum atomic E-state index is -0.346. The van der Waals surface area contributed by atoms with E-state index in [0.717, 1.165) is 0 Å². The Balaban J connectivity index is 1.75. The largest absolute Gasteiger partial charge is 0.371 e. The number of rotatable bonds is 6. The van der Waals surface area contributed by atoms with Gasteiger partial charge >= 0.3 is 0 Å². The van der Waals surface area contributed by atoms with E-state index in [1.165, 1.54) is 18.5 Å². The van der Waals surface area contributed by atoms with Crippen LogP contribution in [0, 0.1) is 5.82 Å². The number of nitrogens with one attached hydrogen (secondary N) is 1. The molecule has 0 saturated heterocycles. The average molecular weight is 317 g/mol. The average Bonchev–Trinajstić information content (AvgIpc) is 3.02. The van der Waals surface area contributed by atoms with E-state index in [0.29, 0.717) is 35.0 Å². The molecule has 0 spiro atoms. The molecule has 3 rings (SSSR count). The van der Waals surface area contributed by atoms with Crippen LogP contribution in [0.2, 0.25) is 0 Å². The molecule has 8 heteroatoms. The lowest BCUT2D eigenvalue weighted by molar-refractivity contribution is 0.0683. The minimum Gasteiger partial charge on any atom is -0.371 e. The standard InChI is InChI=1S/C15H16FN5O2/c1-3-22-9(2)14-20-13(23-21-14)7-17-15-11-6-10(16)4-5-12(11)18-8-19-15/h4-6,8-9H,3,7H2,1-2H3,(H,17,18,19)/t9-/m1/s1. The van der Waals surface area contributed by atoms with Gasteiger partial charge in [-0.3, -0.25) is 0 Å². The van der Waals surface area contributed by atoms with E-state index in [4.69, 9.17) is 9.26 Å². The van der Waals surface area contributed by atoms with Gasteiger partial charge in [-0.2, -0.15) is 4.98 Å². The molecular formula is C15H16FN5O2. The van der Waals surface area contributed by atoms with Crippen LogP contribution in [0.25, 0.3) is 10.9 Å². The highest BCUT2D eigenvalue weighted by atomic mass is 19.1. The van der Waals surface area contributed by atoms with Crippen LogP contribution in [-0.2, 0) is 11.3 Å². The molecule has 0 aliphatic heterocycles. The van der Waals surface area contributed by atoms with Gasteiger partial charge in [0.25, 0.3) is 0 Å². The van der Waals surface area contributed by atoms with Crippen molar-refractivity contribution in [3.05, 3.63) is 42.1 Å². The Bertz CT molecular complexity index is 807. The Morgan fingerprint density at radius 1 is 1.35 bits per heavy atom. The fraction of sp³-hybridized carbons (Fsp3) is 0.333. The second-order valence-electron chi connectivity index (χ2n) is 4.88. The molecule has 23 heavy (non-hydrogen) atoms. The molecule has 3 aromatic rings. The maximum absolute atomic E-state index is 13.4. The number of hydrogen-bond donors (Lipinski definition) is 1. The first-order valence-electron chi connectivity index (χ1n) is 7.25. The summed E-state index contributed by atoms with van der Waals surface area (Å²) in [5.41, 5.74) is 0.653. The number of ether oxygens (including phenoxy) is 1. The van der Waals surface area contributed by atoms with E-state index < -0.39 is 0 Å². The third kappa shape index (κ3) is 3.42. The Morgan fingerprint density at radius 2 is 2.22 bits per heavy atom. The third-order valence-corrected chi connectivity index (χ3v) is 3.27. The van der Waals surface area contributed by atoms with Gasteiger partial charge in [0.2, 0.25) is 5.89 Å². The molecule has 1 N–H and O–H groups in total. The molecule has 0 radical (unpaired) electrons. The summed E-state index contributed by atoms with van der Waals surface area (Å²) in [6.45, 7) is 4.60. The van der Waals surface area contributed by atoms with Crippen molar-refractivity contribution in [1.82, 2.24) is 20.1 Å². The summed E-state index contributed by atoms with van der Waals surface area (Å²) in [5.74, 6) is 1.05. The molecule has 1 atom stereocenters. The zero-order valence-corrected chi connectivity index (χ0v) is 12.8. The smallest absolute Gasteiger partial charge is 0.246 e. The molecule has 0 bridgehead atoms. The summed E-state index contributed by atoms with van der Waals surface area (Å²) in [5, 5.41) is 7.53. The quantitative estimate of drug-likeness (QED) is 0.748. The molecule has 120 valence electrons. The molecule has 0 unspecified atom stereocenters. The number of aromatic nitrogens is 4. The SMILES string of the molecule is CCO[C@H](C)c1noc(CNc2ncnc3ccc(F)cc23)n1. The van der Waals surface area contributed by atoms with E-state index in [2.05, 4.69) is 25.4 Å². The fourth-order valence-corrected chi connectivity index (χ4v) is 2.16. The molecule has 0 fully saturated rings. The molecule has 1 aromatic carbocycles. The van der Waals surface area contributed by atoms with Crippen LogP contribution in [0.3, 0.4) is 0 Å². The summed E-state index contributed by atoms with van der Waals surface area (Å²) < 4.78 is 24.0. The topological polar surface area (TPSA) is 86.0 Å². The predicted octanol–water partition coefficient (Wildman–Crippen LogP) is 2.86. The summed E-state index contributed by atoms with van der Waals surface area (Å²) in [6, 6.07) is 4.35. The Labute approximate surface area is 131 Å². The molecule has 0 amide bonds. The Morgan fingerprint density at radius 3 is 3.04 bits per heavy atom. The predicted molar refractivity (Wildman–Crippen MR) is 81.2 cm³/mol. The summed E-state index contributed by atoms with van der Waals surface area (Å²) in [7, 11) is 0. The van der Waals surface area contributed by atoms with E-state index in [-0.39, 0.29) is 18.5 Å². The molecular weight excluding hydrogens is 301 g/mol. The summed E-state index contributed by atoms with van der Waals surface area (Å²) >= 11 is 0. The van der Waals surface area contributed by atoms with Crippen molar-refractivity contribution in [3.8, 4) is 0 Å². The highest BCUT2D eigenvalue weighted by Crippen LogP contribution is 2.21. The number of halogens is 1. The molecule has 0 saturated carbocycles. The highest BCUT2D eigenvalue weighted by molar-refractivity contribution is 5.88. The molecule has 2 heterocycles. The van der Waals surface area contributed by atoms with Crippen LogP contribution in [-0.4, -0.2) is 26.7 Å². The number of fused-ring (bicyclic) bond motifs is 1. The second kappa shape index (κ2) is 6.66. The van der Waals surface area contributed by atoms with E-state index in [1.54, 1.807) is 6.07 Å². The van der Waals surface area contributed by atoms with Gasteiger partial charge in [-0.05, 0) is 32.0 Å². The zero-order chi connectivity index (χ0) is 16.2. The van der Waals surface area contributed by atoms with E-state index in [1.807, 2.05) is 13.8 Å². The van der Waals surface area contributed by atoms with Crippen molar-refractivity contribution in [3.63, 3.8) is 0 Å². The Kier molecular flexibility index (Phi) is 4.42. The third-order valence-electron chi connectivity index (χ3n) is 3.27. The second-order valence-corrected chi connectivity index (χ2v) is 4.88. The summed E-state index contributed by atoms with van der Waals surface area (Å²) in [4.78, 5) is 12.5. The van der Waals surface area contributed by atoms with Crippen LogP contribution < -0.4 is 5.32 Å². The normalized spacial score (nSPS) is 12.5. The molecule has 0 aliphatic rings. The number of anilines is 1. The van der Waals surface area contributed by atoms with Crippen LogP contribution >= 0.6 is 0 Å². The minimum absolute atomic E-state index is 0.230. The maximum Gasteiger partial charge on any atom is 0.246 e. The lowest BCUT2D eigenvalue weighted by atomic mass is 10.2. The maximum atomic E-state index is 13.4. The number of hydrogen-bond acceptors (Lipinski definition) is 7. The van der Waals surface area contributed by atoms with Crippen LogP contribution in [0.15, 0.2) is 29.0 Å². The van der Waals surface area contributed by atoms with Gasteiger partial charge in [-0.25, -0.2) is 14.4 Å². The zero-order valence-electron chi connectivity index (χ0n) is 12.8. The van der Waals surface area contributed by atoms with Gasteiger partial charge in [0.15, 0.2) is 5.82 Å². The molecule has 0 aliphatic carbocycles. The monoisotopic (exact) mass is 317 g/mol. The van der Waals surface area contributed by atoms with Crippen molar-refractivity contribution in [2.45, 2.75) is 26.5 Å². The first-order chi connectivity index (χ1) is 11.2. The van der Waals surface area contributed by atoms with Crippen LogP contribution in [0.4, 0.5) is 10.2 Å². The van der Waals surface area contributed by atoms with Crippen LogP contribution in [0.5, 0.6) is 0 Å². The fourth-order valence-electron chi connectivity index (χ4n) is 2.16. The molecule has 2 aromatic heterocycles. The van der Waals surface area contributed by atoms with Gasteiger partial charge in [0.05, 0.1) is 12.1 Å². The van der Waals surface area contributed by atoms with Gasteiger partial charge < -0.3 is 14.6 Å². The van der Waals surface area contributed by atoms with Crippen molar-refractivity contribution >= 4 is 16.7 Å². The molecule has 7 nitrogen and oxygen atoms in total. The number of benzene rings is 1. The van der Waals surface area contributed by atoms with Crippen LogP contribution in [0.1, 0.15) is 31.7 Å². The van der Waals surface area contributed by atoms with Gasteiger partial charge in [-0.15, -0.1) is 0 Å². The van der Waals surface area contributed by atoms with Crippen molar-refractivity contribution < 1.29 is 13.7 Å². The van der Waals surface area contributed by atoms with Gasteiger partial charge in [0.1, 0.15) is 24.1 Å². The lowest BCUT2D eigenvalue weighted by Gasteiger charge is -2.06. The van der Waals surface area contributed by atoms with Crippen molar-refractivity contribution in [2.24, 2.45) is 0 Å². The van der Waals surface area contributed by atoms with Crippen molar-refractivity contribution in [1.29, 1.82) is 0 Å². The first-order valence-corrected chi connectivity index (χ1v) is 7.25. The Hall–Kier alpha value is -2.61. The number of nitrogens with zero attached hydrogens (tertiary/aromatic N) is 4. The van der Waals surface area contributed by atoms with Crippen molar-refractivity contribution in [2.75, 3.05) is 11.9 Å². The highest BCUT2D eigenvalue weighted by Gasteiger charge is 2.14.